The lowest BCUT2D eigenvalue weighted by molar-refractivity contribution is -0.138. The Labute approximate surface area is 128 Å². The highest BCUT2D eigenvalue weighted by Crippen LogP contribution is 2.52. The fraction of sp³-hybridized carbons (Fsp3) is 0.562. The van der Waals surface area contributed by atoms with Gasteiger partial charge in [0.1, 0.15) is 6.54 Å². The van der Waals surface area contributed by atoms with Gasteiger partial charge in [-0.2, -0.15) is 13.2 Å². The van der Waals surface area contributed by atoms with Gasteiger partial charge in [-0.15, -0.1) is 0 Å². The number of nitrogens with one attached hydrogen (secondary N) is 2. The van der Waals surface area contributed by atoms with E-state index in [1.807, 2.05) is 23.5 Å². The normalized spacial score (nSPS) is 23.7. The smallest absolute Gasteiger partial charge is 0.346 e. The van der Waals surface area contributed by atoms with Gasteiger partial charge in [-0.3, -0.25) is 4.79 Å². The van der Waals surface area contributed by atoms with Crippen LogP contribution in [0.2, 0.25) is 0 Å². The molecule has 1 aromatic carbocycles. The molecule has 6 heteroatoms. The molecule has 2 N–H and O–H groups in total. The average Bonchev–Trinajstić information content (AvgIpc) is 2.44. The summed E-state index contributed by atoms with van der Waals surface area (Å²) in [5.74, 6) is -0.235. The molecule has 1 saturated carbocycles. The first-order valence-electron chi connectivity index (χ1n) is 7.32. The van der Waals surface area contributed by atoms with Gasteiger partial charge in [0.2, 0.25) is 5.91 Å². The zero-order valence-electron chi connectivity index (χ0n) is 12.7. The van der Waals surface area contributed by atoms with Crippen LogP contribution in [0.3, 0.4) is 0 Å². The molecule has 1 amide bonds. The van der Waals surface area contributed by atoms with Crippen molar-refractivity contribution in [2.45, 2.75) is 38.4 Å². The lowest BCUT2D eigenvalue weighted by atomic mass is 9.56. The first-order valence-corrected chi connectivity index (χ1v) is 7.32. The number of alkyl halides is 3. The molecule has 0 spiro atoms. The molecule has 1 aromatic rings. The van der Waals surface area contributed by atoms with E-state index in [1.165, 1.54) is 5.56 Å². The van der Waals surface area contributed by atoms with Crippen LogP contribution < -0.4 is 10.6 Å². The van der Waals surface area contributed by atoms with E-state index in [2.05, 4.69) is 31.3 Å². The minimum Gasteiger partial charge on any atom is -0.346 e. The Morgan fingerprint density at radius 3 is 2.45 bits per heavy atom. The largest absolute Gasteiger partial charge is 0.405 e. The molecule has 1 aliphatic rings. The van der Waals surface area contributed by atoms with E-state index in [1.54, 1.807) is 0 Å². The number of rotatable bonds is 5. The number of hydrogen-bond acceptors (Lipinski definition) is 2. The van der Waals surface area contributed by atoms with Gasteiger partial charge in [0, 0.05) is 6.04 Å². The SMILES string of the molecule is CC1(C)[C@@H](c2ccccc2)C[C@H]1NCC(=O)NCC(F)(F)F. The zero-order valence-corrected chi connectivity index (χ0v) is 12.7. The summed E-state index contributed by atoms with van der Waals surface area (Å²) >= 11 is 0. The number of benzene rings is 1. The lowest BCUT2D eigenvalue weighted by Crippen LogP contribution is -2.57. The van der Waals surface area contributed by atoms with Crippen LogP contribution >= 0.6 is 0 Å². The topological polar surface area (TPSA) is 41.1 Å². The second-order valence-electron chi connectivity index (χ2n) is 6.35. The third-order valence-corrected chi connectivity index (χ3v) is 4.46. The van der Waals surface area contributed by atoms with Crippen LogP contribution in [-0.4, -0.2) is 31.2 Å². The van der Waals surface area contributed by atoms with E-state index >= 15 is 0 Å². The van der Waals surface area contributed by atoms with Crippen LogP contribution in [0.5, 0.6) is 0 Å². The molecule has 0 aromatic heterocycles. The summed E-state index contributed by atoms with van der Waals surface area (Å²) in [6.07, 6.45) is -3.49. The molecular formula is C16H21F3N2O. The summed E-state index contributed by atoms with van der Waals surface area (Å²) in [5, 5.41) is 4.94. The monoisotopic (exact) mass is 314 g/mol. The highest BCUT2D eigenvalue weighted by Gasteiger charge is 2.48. The van der Waals surface area contributed by atoms with Gasteiger partial charge in [-0.05, 0) is 23.3 Å². The van der Waals surface area contributed by atoms with Gasteiger partial charge >= 0.3 is 6.18 Å². The van der Waals surface area contributed by atoms with Crippen molar-refractivity contribution >= 4 is 5.91 Å². The van der Waals surface area contributed by atoms with Gasteiger partial charge < -0.3 is 10.6 Å². The standard InChI is InChI=1S/C16H21F3N2O/c1-15(2)12(11-6-4-3-5-7-11)8-13(15)20-9-14(22)21-10-16(17,18)19/h3-7,12-13,20H,8-10H2,1-2H3,(H,21,22)/t12-,13-/m1/s1. The molecule has 0 unspecified atom stereocenters. The first kappa shape index (κ1) is 16.8. The van der Waals surface area contributed by atoms with Crippen LogP contribution in [0.25, 0.3) is 0 Å². The number of halogens is 3. The molecule has 122 valence electrons. The lowest BCUT2D eigenvalue weighted by Gasteiger charge is -2.53. The van der Waals surface area contributed by atoms with Crippen molar-refractivity contribution in [1.29, 1.82) is 0 Å². The van der Waals surface area contributed by atoms with E-state index in [4.69, 9.17) is 0 Å². The van der Waals surface area contributed by atoms with Gasteiger partial charge in [0.05, 0.1) is 6.54 Å². The highest BCUT2D eigenvalue weighted by atomic mass is 19.4. The first-order chi connectivity index (χ1) is 10.2. The predicted molar refractivity (Wildman–Crippen MR) is 78.4 cm³/mol. The van der Waals surface area contributed by atoms with E-state index < -0.39 is 18.6 Å². The van der Waals surface area contributed by atoms with Crippen molar-refractivity contribution in [2.24, 2.45) is 5.41 Å². The Balaban J connectivity index is 1.80. The summed E-state index contributed by atoms with van der Waals surface area (Å²) < 4.78 is 36.1. The summed E-state index contributed by atoms with van der Waals surface area (Å²) in [5.41, 5.74) is 1.22. The molecule has 3 nitrogen and oxygen atoms in total. The molecule has 22 heavy (non-hydrogen) atoms. The molecule has 0 radical (unpaired) electrons. The zero-order chi connectivity index (χ0) is 16.4. The summed E-state index contributed by atoms with van der Waals surface area (Å²) in [6.45, 7) is 2.85. The Bertz CT molecular complexity index is 514. The minimum atomic E-state index is -4.37. The van der Waals surface area contributed by atoms with Crippen molar-refractivity contribution in [3.05, 3.63) is 35.9 Å². The van der Waals surface area contributed by atoms with Crippen molar-refractivity contribution in [2.75, 3.05) is 13.1 Å². The number of carbonyl (C=O) groups excluding carboxylic acids is 1. The van der Waals surface area contributed by atoms with E-state index in [0.717, 1.165) is 6.42 Å². The van der Waals surface area contributed by atoms with E-state index in [-0.39, 0.29) is 18.0 Å². The molecule has 0 bridgehead atoms. The average molecular weight is 314 g/mol. The van der Waals surface area contributed by atoms with Crippen LogP contribution in [0.15, 0.2) is 30.3 Å². The molecule has 0 heterocycles. The van der Waals surface area contributed by atoms with Crippen LogP contribution in [0.4, 0.5) is 13.2 Å². The van der Waals surface area contributed by atoms with Crippen LogP contribution in [0, 0.1) is 5.41 Å². The van der Waals surface area contributed by atoms with E-state index in [0.29, 0.717) is 5.92 Å². The van der Waals surface area contributed by atoms with Gasteiger partial charge in [0.25, 0.3) is 0 Å². The van der Waals surface area contributed by atoms with E-state index in [9.17, 15) is 18.0 Å². The van der Waals surface area contributed by atoms with Gasteiger partial charge in [0.15, 0.2) is 0 Å². The predicted octanol–water partition coefficient (Wildman–Crippen LogP) is 2.84. The molecule has 2 rings (SSSR count). The summed E-state index contributed by atoms with van der Waals surface area (Å²) in [7, 11) is 0. The number of amides is 1. The number of hydrogen-bond donors (Lipinski definition) is 2. The van der Waals surface area contributed by atoms with Crippen molar-refractivity contribution in [3.8, 4) is 0 Å². The summed E-state index contributed by atoms with van der Waals surface area (Å²) in [4.78, 5) is 11.4. The molecule has 2 atom stereocenters. The maximum Gasteiger partial charge on any atom is 0.405 e. The van der Waals surface area contributed by atoms with Crippen molar-refractivity contribution < 1.29 is 18.0 Å². The second kappa shape index (κ2) is 6.28. The van der Waals surface area contributed by atoms with Crippen LogP contribution in [0.1, 0.15) is 31.7 Å². The molecule has 0 aliphatic heterocycles. The Kier molecular flexibility index (Phi) is 4.80. The number of carbonyl (C=O) groups is 1. The third-order valence-electron chi connectivity index (χ3n) is 4.46. The maximum atomic E-state index is 12.0. The van der Waals surface area contributed by atoms with Gasteiger partial charge in [-0.1, -0.05) is 44.2 Å². The Morgan fingerprint density at radius 2 is 1.91 bits per heavy atom. The summed E-state index contributed by atoms with van der Waals surface area (Å²) in [6, 6.07) is 10.2. The van der Waals surface area contributed by atoms with Gasteiger partial charge in [-0.25, -0.2) is 0 Å². The highest BCUT2D eigenvalue weighted by molar-refractivity contribution is 5.78. The minimum absolute atomic E-state index is 0.0361. The van der Waals surface area contributed by atoms with Crippen molar-refractivity contribution in [3.63, 3.8) is 0 Å². The second-order valence-corrected chi connectivity index (χ2v) is 6.35. The quantitative estimate of drug-likeness (QED) is 0.877. The maximum absolute atomic E-state index is 12.0. The molecule has 0 saturated heterocycles. The van der Waals surface area contributed by atoms with Crippen molar-refractivity contribution in [1.82, 2.24) is 10.6 Å². The molecular weight excluding hydrogens is 293 g/mol. The fourth-order valence-electron chi connectivity index (χ4n) is 3.00. The Hall–Kier alpha value is -1.56. The van der Waals surface area contributed by atoms with Crippen LogP contribution in [-0.2, 0) is 4.79 Å². The molecule has 1 fully saturated rings. The Morgan fingerprint density at radius 1 is 1.27 bits per heavy atom. The molecule has 1 aliphatic carbocycles. The fourth-order valence-corrected chi connectivity index (χ4v) is 3.00. The third kappa shape index (κ3) is 4.00.